The largest absolute Gasteiger partial charge is 0.476 e. The summed E-state index contributed by atoms with van der Waals surface area (Å²) in [5, 5.41) is 17.7. The normalized spacial score (nSPS) is 10.7. The molecule has 0 unspecified atom stereocenters. The van der Waals surface area contributed by atoms with E-state index in [0.29, 0.717) is 5.56 Å². The van der Waals surface area contributed by atoms with E-state index in [4.69, 9.17) is 9.84 Å². The molecule has 0 atom stereocenters. The smallest absolute Gasteiger partial charge is 0.399 e. The minimum absolute atomic E-state index is 0.187. The number of aromatic carboxylic acids is 1. The Labute approximate surface area is 121 Å². The van der Waals surface area contributed by atoms with E-state index in [0.717, 1.165) is 0 Å². The first-order valence-corrected chi connectivity index (χ1v) is 5.83. The van der Waals surface area contributed by atoms with Crippen molar-refractivity contribution in [1.29, 1.82) is 0 Å². The van der Waals surface area contributed by atoms with E-state index in [2.05, 4.69) is 21.3 Å². The predicted molar refractivity (Wildman–Crippen MR) is 67.4 cm³/mol. The molecule has 1 aromatic heterocycles. The molecule has 2 aromatic rings. The molecule has 0 radical (unpaired) electrons. The zero-order valence-electron chi connectivity index (χ0n) is 10.8. The fraction of sp³-hybridized carbons (Fsp3) is 0.154. The molecule has 2 rings (SSSR count). The summed E-state index contributed by atoms with van der Waals surface area (Å²) < 4.78 is 41.3. The van der Waals surface area contributed by atoms with Gasteiger partial charge in [-0.05, 0) is 18.2 Å². The Balaban J connectivity index is 2.15. The third-order valence-electron chi connectivity index (χ3n) is 2.29. The van der Waals surface area contributed by atoms with Crippen LogP contribution in [-0.2, 0) is 0 Å². The molecular formula is C13H8F3N3O3. The van der Waals surface area contributed by atoms with Gasteiger partial charge in [-0.15, -0.1) is 5.10 Å². The maximum absolute atomic E-state index is 12.0. The number of benzene rings is 1. The molecule has 2 N–H and O–H groups in total. The van der Waals surface area contributed by atoms with Crippen LogP contribution in [0.2, 0.25) is 0 Å². The molecule has 0 bridgehead atoms. The van der Waals surface area contributed by atoms with E-state index in [9.17, 15) is 18.0 Å². The lowest BCUT2D eigenvalue weighted by Gasteiger charge is -2.03. The number of carboxylic acid groups (broad SMARTS) is 1. The van der Waals surface area contributed by atoms with E-state index in [1.165, 1.54) is 24.3 Å². The van der Waals surface area contributed by atoms with Crippen LogP contribution >= 0.6 is 0 Å². The summed E-state index contributed by atoms with van der Waals surface area (Å²) in [6, 6.07) is 5.87. The molecule has 0 aliphatic carbocycles. The van der Waals surface area contributed by atoms with Crippen LogP contribution in [0, 0.1) is 11.8 Å². The van der Waals surface area contributed by atoms with Crippen LogP contribution in [0.25, 0.3) is 0 Å². The summed E-state index contributed by atoms with van der Waals surface area (Å²) in [7, 11) is 0. The van der Waals surface area contributed by atoms with E-state index >= 15 is 0 Å². The Hall–Kier alpha value is -3.02. The molecule has 0 amide bonds. The maximum Gasteiger partial charge on any atom is 0.399 e. The van der Waals surface area contributed by atoms with Gasteiger partial charge in [0.1, 0.15) is 12.2 Å². The van der Waals surface area contributed by atoms with Crippen molar-refractivity contribution in [3.05, 3.63) is 35.5 Å². The molecule has 6 nitrogen and oxygen atoms in total. The van der Waals surface area contributed by atoms with Gasteiger partial charge in [0.2, 0.25) is 5.69 Å². The van der Waals surface area contributed by atoms with Gasteiger partial charge in [-0.1, -0.05) is 23.1 Å². The van der Waals surface area contributed by atoms with Crippen LogP contribution in [0.15, 0.2) is 24.3 Å². The molecule has 0 saturated carbocycles. The third-order valence-corrected chi connectivity index (χ3v) is 2.29. The summed E-state index contributed by atoms with van der Waals surface area (Å²) in [5.41, 5.74) is -0.111. The van der Waals surface area contributed by atoms with Crippen LogP contribution in [0.5, 0.6) is 11.6 Å². The van der Waals surface area contributed by atoms with Crippen LogP contribution in [0.4, 0.5) is 13.2 Å². The molecule has 1 aromatic carbocycles. The van der Waals surface area contributed by atoms with Gasteiger partial charge in [0.25, 0.3) is 5.88 Å². The second-order valence-electron chi connectivity index (χ2n) is 4.02. The second-order valence-corrected chi connectivity index (χ2v) is 4.02. The Bertz CT molecular complexity index is 744. The summed E-state index contributed by atoms with van der Waals surface area (Å²) in [5.74, 6) is 3.02. The molecule has 0 aliphatic heterocycles. The molecule has 0 spiro atoms. The predicted octanol–water partition coefficient (Wildman–Crippen LogP) is 2.60. The minimum Gasteiger partial charge on any atom is -0.476 e. The van der Waals surface area contributed by atoms with Crippen molar-refractivity contribution in [2.75, 3.05) is 0 Å². The van der Waals surface area contributed by atoms with Crippen LogP contribution < -0.4 is 4.74 Å². The number of carboxylic acids is 1. The second kappa shape index (κ2) is 6.17. The molecule has 0 aliphatic rings. The van der Waals surface area contributed by atoms with Gasteiger partial charge < -0.3 is 9.84 Å². The van der Waals surface area contributed by atoms with Crippen LogP contribution in [-0.4, -0.2) is 32.7 Å². The number of rotatable bonds is 3. The minimum atomic E-state index is -4.35. The number of hydrogen-bond donors (Lipinski definition) is 2. The zero-order valence-corrected chi connectivity index (χ0v) is 10.8. The van der Waals surface area contributed by atoms with Crippen molar-refractivity contribution in [2.45, 2.75) is 12.6 Å². The highest BCUT2D eigenvalue weighted by molar-refractivity contribution is 5.87. The van der Waals surface area contributed by atoms with Gasteiger partial charge in [0.05, 0.1) is 0 Å². The lowest BCUT2D eigenvalue weighted by Crippen LogP contribution is -2.04. The number of aromatic nitrogens is 3. The van der Waals surface area contributed by atoms with Crippen molar-refractivity contribution in [1.82, 2.24) is 15.4 Å². The highest BCUT2D eigenvalue weighted by atomic mass is 19.4. The van der Waals surface area contributed by atoms with E-state index in [1.54, 1.807) is 0 Å². The fourth-order valence-electron chi connectivity index (χ4n) is 1.43. The van der Waals surface area contributed by atoms with Gasteiger partial charge in [-0.2, -0.15) is 13.2 Å². The molecular weight excluding hydrogens is 303 g/mol. The molecule has 9 heteroatoms. The average molecular weight is 311 g/mol. The fourth-order valence-corrected chi connectivity index (χ4v) is 1.43. The van der Waals surface area contributed by atoms with Gasteiger partial charge in [0.15, 0.2) is 0 Å². The summed E-state index contributed by atoms with van der Waals surface area (Å²) in [6.45, 7) is 0. The SMILES string of the molecule is O=C(O)c1nn[nH]c1Oc1cccc(C#CCC(F)(F)F)c1. The Morgan fingerprint density at radius 2 is 2.18 bits per heavy atom. The number of ether oxygens (including phenoxy) is 1. The first-order valence-electron chi connectivity index (χ1n) is 5.83. The van der Waals surface area contributed by atoms with Crippen molar-refractivity contribution >= 4 is 5.97 Å². The topological polar surface area (TPSA) is 88.1 Å². The van der Waals surface area contributed by atoms with Crippen molar-refractivity contribution < 1.29 is 27.8 Å². The monoisotopic (exact) mass is 311 g/mol. The number of halogens is 3. The molecule has 1 heterocycles. The van der Waals surface area contributed by atoms with Crippen LogP contribution in [0.1, 0.15) is 22.5 Å². The molecule has 0 saturated heterocycles. The Morgan fingerprint density at radius 3 is 2.86 bits per heavy atom. The van der Waals surface area contributed by atoms with Crippen LogP contribution in [0.3, 0.4) is 0 Å². The van der Waals surface area contributed by atoms with Gasteiger partial charge in [-0.25, -0.2) is 9.89 Å². The van der Waals surface area contributed by atoms with Gasteiger partial charge in [0, 0.05) is 5.56 Å². The van der Waals surface area contributed by atoms with E-state index in [-0.39, 0.29) is 11.6 Å². The Morgan fingerprint density at radius 1 is 1.41 bits per heavy atom. The highest BCUT2D eigenvalue weighted by Gasteiger charge is 2.25. The first kappa shape index (κ1) is 15.4. The molecule has 0 fully saturated rings. The van der Waals surface area contributed by atoms with Gasteiger partial charge >= 0.3 is 12.1 Å². The lowest BCUT2D eigenvalue weighted by molar-refractivity contribution is -0.123. The molecule has 22 heavy (non-hydrogen) atoms. The number of H-pyrrole nitrogens is 1. The van der Waals surface area contributed by atoms with Gasteiger partial charge in [-0.3, -0.25) is 0 Å². The Kier molecular flexibility index (Phi) is 4.31. The number of aromatic amines is 1. The zero-order chi connectivity index (χ0) is 16.2. The highest BCUT2D eigenvalue weighted by Crippen LogP contribution is 2.22. The molecule has 114 valence electrons. The van der Waals surface area contributed by atoms with Crippen molar-refractivity contribution in [3.63, 3.8) is 0 Å². The number of hydrogen-bond acceptors (Lipinski definition) is 4. The lowest BCUT2D eigenvalue weighted by atomic mass is 10.2. The van der Waals surface area contributed by atoms with E-state index < -0.39 is 24.3 Å². The van der Waals surface area contributed by atoms with Crippen molar-refractivity contribution in [2.24, 2.45) is 0 Å². The maximum atomic E-state index is 12.0. The van der Waals surface area contributed by atoms with E-state index in [1.807, 2.05) is 5.92 Å². The number of carbonyl (C=O) groups is 1. The standard InChI is InChI=1S/C13H8F3N3O3/c14-13(15,16)6-2-4-8-3-1-5-9(7-8)22-11-10(12(20)21)17-19-18-11/h1,3,5,7H,6H2,(H,20,21)(H,17,18,19). The summed E-state index contributed by atoms with van der Waals surface area (Å²) >= 11 is 0. The third kappa shape index (κ3) is 4.24. The summed E-state index contributed by atoms with van der Waals surface area (Å²) in [4.78, 5) is 10.8. The summed E-state index contributed by atoms with van der Waals surface area (Å²) in [6.07, 6.45) is -5.56. The number of nitrogens with zero attached hydrogens (tertiary/aromatic N) is 2. The van der Waals surface area contributed by atoms with Crippen molar-refractivity contribution in [3.8, 4) is 23.5 Å². The quantitative estimate of drug-likeness (QED) is 0.851. The first-order chi connectivity index (χ1) is 10.3. The number of nitrogens with one attached hydrogen (secondary N) is 1. The average Bonchev–Trinajstić information content (AvgIpc) is 2.86. The number of alkyl halides is 3.